The average molecular weight is 541 g/mol. The lowest BCUT2D eigenvalue weighted by Gasteiger charge is -2.12. The molecule has 0 bridgehead atoms. The number of thioether (sulfide) groups is 1. The molecule has 0 atom stereocenters. The predicted molar refractivity (Wildman–Crippen MR) is 133 cm³/mol. The molecule has 3 aromatic carbocycles. The van der Waals surface area contributed by atoms with Gasteiger partial charge in [0.25, 0.3) is 11.1 Å². The first-order chi connectivity index (χ1) is 15.0. The van der Waals surface area contributed by atoms with E-state index in [0.29, 0.717) is 11.5 Å². The van der Waals surface area contributed by atoms with Crippen molar-refractivity contribution in [2.24, 2.45) is 0 Å². The highest BCUT2D eigenvalue weighted by Gasteiger charge is 2.34. The lowest BCUT2D eigenvalue weighted by Crippen LogP contribution is -2.27. The van der Waals surface area contributed by atoms with E-state index >= 15 is 0 Å². The molecule has 31 heavy (non-hydrogen) atoms. The van der Waals surface area contributed by atoms with Crippen LogP contribution in [0.3, 0.4) is 0 Å². The van der Waals surface area contributed by atoms with Gasteiger partial charge in [-0.3, -0.25) is 14.5 Å². The van der Waals surface area contributed by atoms with Crippen molar-refractivity contribution in [3.8, 4) is 5.75 Å². The summed E-state index contributed by atoms with van der Waals surface area (Å²) in [6.07, 6.45) is 1.75. The molecule has 0 N–H and O–H groups in total. The van der Waals surface area contributed by atoms with E-state index in [-0.39, 0.29) is 17.7 Å². The maximum atomic E-state index is 12.7. The molecule has 1 aliphatic rings. The molecule has 0 aliphatic carbocycles. The molecule has 156 valence electrons. The Bertz CT molecular complexity index is 1140. The van der Waals surface area contributed by atoms with Crippen molar-refractivity contribution >= 4 is 51.6 Å². The molecule has 1 aliphatic heterocycles. The highest BCUT2D eigenvalue weighted by molar-refractivity contribution is 14.1. The predicted octanol–water partition coefficient (Wildman–Crippen LogP) is 6.42. The highest BCUT2D eigenvalue weighted by Crippen LogP contribution is 2.33. The number of halogens is 1. The Morgan fingerprint density at radius 2 is 1.68 bits per heavy atom. The van der Waals surface area contributed by atoms with Crippen molar-refractivity contribution in [2.75, 3.05) is 0 Å². The second-order valence-electron chi connectivity index (χ2n) is 7.18. The molecule has 0 unspecified atom stereocenters. The summed E-state index contributed by atoms with van der Waals surface area (Å²) in [6, 6.07) is 23.5. The molecule has 0 aromatic heterocycles. The fourth-order valence-electron chi connectivity index (χ4n) is 3.15. The van der Waals surface area contributed by atoms with Crippen molar-refractivity contribution < 1.29 is 14.3 Å². The summed E-state index contributed by atoms with van der Waals surface area (Å²) in [5, 5.41) is -0.243. The first kappa shape index (κ1) is 21.6. The van der Waals surface area contributed by atoms with Crippen LogP contribution >= 0.6 is 34.4 Å². The van der Waals surface area contributed by atoms with Crippen molar-refractivity contribution in [2.45, 2.75) is 20.1 Å². The Kier molecular flexibility index (Phi) is 6.77. The Hall–Kier alpha value is -2.58. The van der Waals surface area contributed by atoms with Gasteiger partial charge in [-0.2, -0.15) is 0 Å². The monoisotopic (exact) mass is 541 g/mol. The smallest absolute Gasteiger partial charge is 0.293 e. The average Bonchev–Trinajstić information content (AvgIpc) is 3.03. The summed E-state index contributed by atoms with van der Waals surface area (Å²) >= 11 is 3.21. The van der Waals surface area contributed by atoms with E-state index in [2.05, 4.69) is 41.6 Å². The molecule has 2 amide bonds. The van der Waals surface area contributed by atoms with E-state index in [9.17, 15) is 9.59 Å². The molecular weight excluding hydrogens is 521 g/mol. The molecule has 0 spiro atoms. The lowest BCUT2D eigenvalue weighted by molar-refractivity contribution is -0.123. The number of hydrogen-bond donors (Lipinski definition) is 0. The Balaban J connectivity index is 1.41. The van der Waals surface area contributed by atoms with Gasteiger partial charge in [0, 0.05) is 3.57 Å². The molecule has 1 heterocycles. The van der Waals surface area contributed by atoms with Crippen LogP contribution in [0.5, 0.6) is 5.75 Å². The van der Waals surface area contributed by atoms with Gasteiger partial charge in [-0.1, -0.05) is 48.5 Å². The van der Waals surface area contributed by atoms with E-state index in [1.54, 1.807) is 6.08 Å². The van der Waals surface area contributed by atoms with Gasteiger partial charge in [-0.25, -0.2) is 0 Å². The number of ether oxygens (including phenoxy) is 1. The van der Waals surface area contributed by atoms with Crippen molar-refractivity contribution in [1.82, 2.24) is 4.90 Å². The first-order valence-corrected chi connectivity index (χ1v) is 11.7. The molecule has 4 rings (SSSR count). The standard InChI is InChI=1S/C25H20INO3S/c1-17-4-2-3-5-20(17)16-30-22-12-8-18(9-13-22)14-23-24(28)27(25(29)31-23)15-19-6-10-21(26)11-7-19/h2-14H,15-16H2,1H3/b23-14-. The second kappa shape index (κ2) is 9.70. The number of imide groups is 1. The number of carbonyl (C=O) groups excluding carboxylic acids is 2. The third kappa shape index (κ3) is 5.37. The second-order valence-corrected chi connectivity index (χ2v) is 9.42. The quantitative estimate of drug-likeness (QED) is 0.267. The van der Waals surface area contributed by atoms with E-state index in [1.165, 1.54) is 10.5 Å². The Labute approximate surface area is 199 Å². The van der Waals surface area contributed by atoms with Gasteiger partial charge in [-0.15, -0.1) is 0 Å². The topological polar surface area (TPSA) is 46.6 Å². The number of benzene rings is 3. The molecule has 1 fully saturated rings. The number of amides is 2. The van der Waals surface area contributed by atoms with Crippen LogP contribution in [0.2, 0.25) is 0 Å². The third-order valence-electron chi connectivity index (χ3n) is 4.96. The van der Waals surface area contributed by atoms with Crippen LogP contribution in [0.4, 0.5) is 4.79 Å². The first-order valence-electron chi connectivity index (χ1n) is 9.77. The van der Waals surface area contributed by atoms with Crippen molar-refractivity contribution in [1.29, 1.82) is 0 Å². The molecule has 0 radical (unpaired) electrons. The molecule has 4 nitrogen and oxygen atoms in total. The van der Waals surface area contributed by atoms with E-state index in [4.69, 9.17) is 4.74 Å². The lowest BCUT2D eigenvalue weighted by atomic mass is 10.1. The number of hydrogen-bond acceptors (Lipinski definition) is 4. The van der Waals surface area contributed by atoms with Gasteiger partial charge in [0.2, 0.25) is 0 Å². The zero-order valence-corrected chi connectivity index (χ0v) is 19.9. The van der Waals surface area contributed by atoms with Crippen LogP contribution in [0.15, 0.2) is 77.7 Å². The molecule has 3 aromatic rings. The Morgan fingerprint density at radius 1 is 0.968 bits per heavy atom. The molecule has 0 saturated carbocycles. The zero-order valence-electron chi connectivity index (χ0n) is 16.9. The fourth-order valence-corrected chi connectivity index (χ4v) is 4.35. The number of rotatable bonds is 6. The summed E-state index contributed by atoms with van der Waals surface area (Å²) in [5.74, 6) is 0.501. The minimum Gasteiger partial charge on any atom is -0.489 e. The van der Waals surface area contributed by atoms with Crippen molar-refractivity contribution in [3.05, 3.63) is 104 Å². The van der Waals surface area contributed by atoms with Gasteiger partial charge in [0.15, 0.2) is 0 Å². The minimum atomic E-state index is -0.256. The van der Waals surface area contributed by atoms with Gasteiger partial charge < -0.3 is 4.74 Å². The maximum absolute atomic E-state index is 12.7. The Morgan fingerprint density at radius 3 is 2.39 bits per heavy atom. The van der Waals surface area contributed by atoms with Crippen LogP contribution < -0.4 is 4.74 Å². The zero-order chi connectivity index (χ0) is 21.8. The van der Waals surface area contributed by atoms with Gasteiger partial charge in [0.05, 0.1) is 11.4 Å². The van der Waals surface area contributed by atoms with E-state index < -0.39 is 0 Å². The summed E-state index contributed by atoms with van der Waals surface area (Å²) < 4.78 is 6.98. The van der Waals surface area contributed by atoms with Gasteiger partial charge in [-0.05, 0) is 93.9 Å². The van der Waals surface area contributed by atoms with E-state index in [1.807, 2.05) is 60.7 Å². The molecular formula is C25H20INO3S. The summed E-state index contributed by atoms with van der Waals surface area (Å²) in [4.78, 5) is 26.8. The van der Waals surface area contributed by atoms with Crippen LogP contribution in [-0.2, 0) is 17.9 Å². The summed E-state index contributed by atoms with van der Waals surface area (Å²) in [7, 11) is 0. The van der Waals surface area contributed by atoms with Crippen LogP contribution in [-0.4, -0.2) is 16.0 Å². The maximum Gasteiger partial charge on any atom is 0.293 e. The van der Waals surface area contributed by atoms with Gasteiger partial charge >= 0.3 is 0 Å². The number of carbonyl (C=O) groups is 2. The SMILES string of the molecule is Cc1ccccc1COc1ccc(/C=C2\SC(=O)N(Cc3ccc(I)cc3)C2=O)cc1. The fraction of sp³-hybridized carbons (Fsp3) is 0.120. The number of aryl methyl sites for hydroxylation is 1. The van der Waals surface area contributed by atoms with E-state index in [0.717, 1.165) is 37.8 Å². The molecule has 6 heteroatoms. The van der Waals surface area contributed by atoms with Crippen LogP contribution in [0, 0.1) is 10.5 Å². The van der Waals surface area contributed by atoms with Crippen LogP contribution in [0.1, 0.15) is 22.3 Å². The largest absolute Gasteiger partial charge is 0.489 e. The minimum absolute atomic E-state index is 0.243. The number of nitrogens with zero attached hydrogens (tertiary/aromatic N) is 1. The molecule has 1 saturated heterocycles. The summed E-state index contributed by atoms with van der Waals surface area (Å²) in [5.41, 5.74) is 4.12. The van der Waals surface area contributed by atoms with Crippen LogP contribution in [0.25, 0.3) is 6.08 Å². The third-order valence-corrected chi connectivity index (χ3v) is 6.59. The normalized spacial score (nSPS) is 15.0. The van der Waals surface area contributed by atoms with Crippen molar-refractivity contribution in [3.63, 3.8) is 0 Å². The summed E-state index contributed by atoms with van der Waals surface area (Å²) in [6.45, 7) is 2.85. The highest BCUT2D eigenvalue weighted by atomic mass is 127. The van der Waals surface area contributed by atoms with Gasteiger partial charge in [0.1, 0.15) is 12.4 Å².